The van der Waals surface area contributed by atoms with E-state index in [1.807, 2.05) is 0 Å². The second-order valence-electron chi connectivity index (χ2n) is 7.24. The Kier molecular flexibility index (Phi) is 5.80. The van der Waals surface area contributed by atoms with Crippen LogP contribution >= 0.6 is 0 Å². The summed E-state index contributed by atoms with van der Waals surface area (Å²) in [6.45, 7) is 0.202. The molecule has 4 aromatic rings. The van der Waals surface area contributed by atoms with Crippen LogP contribution in [-0.4, -0.2) is 38.7 Å². The van der Waals surface area contributed by atoms with E-state index in [-0.39, 0.29) is 24.0 Å². The average molecular weight is 433 g/mol. The van der Waals surface area contributed by atoms with Gasteiger partial charge in [-0.3, -0.25) is 14.4 Å². The Hall–Kier alpha value is -4.27. The molecule has 0 aliphatic rings. The number of halogens is 1. The number of hydrogen-bond donors (Lipinski definition) is 3. The molecule has 0 aliphatic carbocycles. The van der Waals surface area contributed by atoms with Crippen molar-refractivity contribution in [2.45, 2.75) is 6.42 Å². The Morgan fingerprint density at radius 2 is 1.97 bits per heavy atom. The number of nitrogens with one attached hydrogen (secondary N) is 3. The standard InChI is InChI=1S/C23H20FN5O3/c1-29-10-9-25-21(29)20(30)14-3-2-4-17(11-14)28-23(32)22(31)26-8-7-15-13-27-19-6-5-16(24)12-18(15)19/h2-6,9-13,27H,7-8H2,1H3,(H,26,31)(H,28,32). The number of imidazole rings is 1. The van der Waals surface area contributed by atoms with Gasteiger partial charge in [0.25, 0.3) is 0 Å². The number of aromatic nitrogens is 3. The van der Waals surface area contributed by atoms with Crippen LogP contribution in [0.15, 0.2) is 61.1 Å². The van der Waals surface area contributed by atoms with Crippen molar-refractivity contribution >= 4 is 34.2 Å². The third-order valence-electron chi connectivity index (χ3n) is 5.02. The molecule has 9 heteroatoms. The minimum absolute atomic E-state index is 0.202. The molecule has 4 rings (SSSR count). The Morgan fingerprint density at radius 3 is 2.75 bits per heavy atom. The molecule has 0 saturated heterocycles. The highest BCUT2D eigenvalue weighted by atomic mass is 19.1. The number of rotatable bonds is 6. The van der Waals surface area contributed by atoms with Crippen LogP contribution in [-0.2, 0) is 23.1 Å². The normalized spacial score (nSPS) is 10.8. The summed E-state index contributed by atoms with van der Waals surface area (Å²) in [4.78, 5) is 44.1. The maximum absolute atomic E-state index is 13.5. The molecule has 3 N–H and O–H groups in total. The molecule has 162 valence electrons. The molecule has 2 heterocycles. The Labute approximate surface area is 182 Å². The first-order valence-electron chi connectivity index (χ1n) is 9.89. The Morgan fingerprint density at radius 1 is 1.12 bits per heavy atom. The first kappa shape index (κ1) is 21.0. The van der Waals surface area contributed by atoms with Crippen LogP contribution in [0.2, 0.25) is 0 Å². The van der Waals surface area contributed by atoms with Crippen molar-refractivity contribution in [2.75, 3.05) is 11.9 Å². The van der Waals surface area contributed by atoms with Gasteiger partial charge >= 0.3 is 11.8 Å². The number of benzene rings is 2. The van der Waals surface area contributed by atoms with E-state index in [2.05, 4.69) is 20.6 Å². The number of fused-ring (bicyclic) bond motifs is 1. The molecule has 2 aromatic heterocycles. The van der Waals surface area contributed by atoms with Gasteiger partial charge in [0.15, 0.2) is 5.82 Å². The molecule has 0 aliphatic heterocycles. The smallest absolute Gasteiger partial charge is 0.313 e. The van der Waals surface area contributed by atoms with Crippen LogP contribution in [0.5, 0.6) is 0 Å². The van der Waals surface area contributed by atoms with E-state index in [4.69, 9.17) is 0 Å². The number of hydrogen-bond acceptors (Lipinski definition) is 4. The Bertz CT molecular complexity index is 1320. The molecular formula is C23H20FN5O3. The molecule has 0 saturated carbocycles. The summed E-state index contributed by atoms with van der Waals surface area (Å²) in [5.74, 6) is -2.03. The lowest BCUT2D eigenvalue weighted by Crippen LogP contribution is -2.36. The molecule has 0 atom stereocenters. The first-order valence-corrected chi connectivity index (χ1v) is 9.89. The van der Waals surface area contributed by atoms with E-state index in [0.717, 1.165) is 16.5 Å². The number of amides is 2. The number of anilines is 1. The van der Waals surface area contributed by atoms with Crippen LogP contribution in [0.1, 0.15) is 21.7 Å². The molecule has 0 bridgehead atoms. The van der Waals surface area contributed by atoms with E-state index in [9.17, 15) is 18.8 Å². The highest BCUT2D eigenvalue weighted by molar-refractivity contribution is 6.39. The quantitative estimate of drug-likeness (QED) is 0.321. The minimum Gasteiger partial charge on any atom is -0.361 e. The first-order chi connectivity index (χ1) is 15.4. The third kappa shape index (κ3) is 4.41. The molecule has 0 radical (unpaired) electrons. The molecule has 32 heavy (non-hydrogen) atoms. The van der Waals surface area contributed by atoms with E-state index in [1.165, 1.54) is 24.4 Å². The van der Waals surface area contributed by atoms with Crippen molar-refractivity contribution < 1.29 is 18.8 Å². The van der Waals surface area contributed by atoms with E-state index in [1.54, 1.807) is 48.3 Å². The second-order valence-corrected chi connectivity index (χ2v) is 7.24. The van der Waals surface area contributed by atoms with Crippen molar-refractivity contribution in [3.8, 4) is 0 Å². The number of aryl methyl sites for hydroxylation is 1. The lowest BCUT2D eigenvalue weighted by Gasteiger charge is -2.08. The van der Waals surface area contributed by atoms with Gasteiger partial charge in [-0.15, -0.1) is 0 Å². The molecule has 0 spiro atoms. The number of nitrogens with zero attached hydrogens (tertiary/aromatic N) is 2. The van der Waals surface area contributed by atoms with Crippen molar-refractivity contribution in [1.82, 2.24) is 19.9 Å². The fourth-order valence-electron chi connectivity index (χ4n) is 3.39. The van der Waals surface area contributed by atoms with Crippen LogP contribution in [0.3, 0.4) is 0 Å². The molecule has 0 fully saturated rings. The zero-order valence-corrected chi connectivity index (χ0v) is 17.2. The maximum atomic E-state index is 13.5. The summed E-state index contributed by atoms with van der Waals surface area (Å²) in [5, 5.41) is 5.77. The summed E-state index contributed by atoms with van der Waals surface area (Å²) in [6, 6.07) is 10.7. The molecule has 0 unspecified atom stereocenters. The summed E-state index contributed by atoms with van der Waals surface area (Å²) in [7, 11) is 1.71. The zero-order chi connectivity index (χ0) is 22.7. The lowest BCUT2D eigenvalue weighted by molar-refractivity contribution is -0.136. The van der Waals surface area contributed by atoms with Gasteiger partial charge in [-0.05, 0) is 42.3 Å². The molecule has 8 nitrogen and oxygen atoms in total. The average Bonchev–Trinajstić information content (AvgIpc) is 3.39. The van der Waals surface area contributed by atoms with E-state index < -0.39 is 11.8 Å². The Balaban J connectivity index is 1.34. The fourth-order valence-corrected chi connectivity index (χ4v) is 3.39. The van der Waals surface area contributed by atoms with Gasteiger partial charge in [0, 0.05) is 54.3 Å². The molecular weight excluding hydrogens is 413 g/mol. The van der Waals surface area contributed by atoms with Crippen molar-refractivity contribution in [3.05, 3.63) is 83.8 Å². The number of ketones is 1. The van der Waals surface area contributed by atoms with Crippen LogP contribution in [0.4, 0.5) is 10.1 Å². The SMILES string of the molecule is Cn1ccnc1C(=O)c1cccc(NC(=O)C(=O)NCCc2c[nH]c3ccc(F)cc23)c1. The lowest BCUT2D eigenvalue weighted by atomic mass is 10.1. The molecule has 2 aromatic carbocycles. The number of H-pyrrole nitrogens is 1. The summed E-state index contributed by atoms with van der Waals surface area (Å²) < 4.78 is 15.1. The summed E-state index contributed by atoms with van der Waals surface area (Å²) >= 11 is 0. The van der Waals surface area contributed by atoms with Gasteiger partial charge in [0.2, 0.25) is 5.78 Å². The van der Waals surface area contributed by atoms with Crippen LogP contribution < -0.4 is 10.6 Å². The predicted molar refractivity (Wildman–Crippen MR) is 117 cm³/mol. The zero-order valence-electron chi connectivity index (χ0n) is 17.2. The van der Waals surface area contributed by atoms with Gasteiger partial charge in [-0.2, -0.15) is 0 Å². The maximum Gasteiger partial charge on any atom is 0.313 e. The van der Waals surface area contributed by atoms with E-state index >= 15 is 0 Å². The second kappa shape index (κ2) is 8.84. The van der Waals surface area contributed by atoms with Crippen LogP contribution in [0, 0.1) is 5.82 Å². The fraction of sp³-hybridized carbons (Fsp3) is 0.130. The van der Waals surface area contributed by atoms with Crippen molar-refractivity contribution in [2.24, 2.45) is 7.05 Å². The highest BCUT2D eigenvalue weighted by Crippen LogP contribution is 2.19. The van der Waals surface area contributed by atoms with Gasteiger partial charge in [-0.25, -0.2) is 9.37 Å². The van der Waals surface area contributed by atoms with Crippen LogP contribution in [0.25, 0.3) is 10.9 Å². The summed E-state index contributed by atoms with van der Waals surface area (Å²) in [5.41, 5.74) is 2.28. The summed E-state index contributed by atoms with van der Waals surface area (Å²) in [6.07, 6.45) is 5.36. The van der Waals surface area contributed by atoms with Gasteiger partial charge in [-0.1, -0.05) is 12.1 Å². The monoisotopic (exact) mass is 433 g/mol. The van der Waals surface area contributed by atoms with Crippen molar-refractivity contribution in [3.63, 3.8) is 0 Å². The molecule has 2 amide bonds. The third-order valence-corrected chi connectivity index (χ3v) is 5.02. The van der Waals surface area contributed by atoms with Gasteiger partial charge in [0.05, 0.1) is 0 Å². The van der Waals surface area contributed by atoms with Crippen molar-refractivity contribution in [1.29, 1.82) is 0 Å². The number of carbonyl (C=O) groups excluding carboxylic acids is 3. The number of carbonyl (C=O) groups is 3. The van der Waals surface area contributed by atoms with Gasteiger partial charge < -0.3 is 20.2 Å². The highest BCUT2D eigenvalue weighted by Gasteiger charge is 2.17. The van der Waals surface area contributed by atoms with Gasteiger partial charge in [0.1, 0.15) is 5.82 Å². The minimum atomic E-state index is -0.850. The largest absolute Gasteiger partial charge is 0.361 e. The number of aromatic amines is 1. The predicted octanol–water partition coefficient (Wildman–Crippen LogP) is 2.57. The van der Waals surface area contributed by atoms with E-state index in [0.29, 0.717) is 17.7 Å². The topological polar surface area (TPSA) is 109 Å².